The molecule has 8 nitrogen and oxygen atoms in total. The normalized spacial score (nSPS) is 13.6. The molecule has 0 aliphatic rings. The van der Waals surface area contributed by atoms with Crippen LogP contribution in [0.4, 0.5) is 0 Å². The lowest BCUT2D eigenvalue weighted by Crippen LogP contribution is -2.50. The van der Waals surface area contributed by atoms with E-state index in [9.17, 15) is 19.5 Å². The Hall–Kier alpha value is -3.23. The number of quaternary nitrogens is 1. The van der Waals surface area contributed by atoms with E-state index in [2.05, 4.69) is 86.8 Å². The van der Waals surface area contributed by atoms with Crippen LogP contribution in [-0.4, -0.2) is 80.6 Å². The average molecular weight is 813 g/mol. The van der Waals surface area contributed by atoms with Gasteiger partial charge in [0.25, 0.3) is 0 Å². The highest BCUT2D eigenvalue weighted by atomic mass is 16.6. The van der Waals surface area contributed by atoms with Crippen LogP contribution in [0.2, 0.25) is 0 Å². The van der Waals surface area contributed by atoms with E-state index in [1.54, 1.807) is 0 Å². The minimum absolute atomic E-state index is 0.0509. The number of allylic oxidation sites excluding steroid dienone is 12. The molecule has 8 heteroatoms. The van der Waals surface area contributed by atoms with Gasteiger partial charge in [-0.15, -0.1) is 0 Å². The van der Waals surface area contributed by atoms with Gasteiger partial charge in [-0.1, -0.05) is 151 Å². The number of nitrogens with zero attached hydrogens (tertiary/aromatic N) is 1. The molecule has 332 valence electrons. The Morgan fingerprint density at radius 3 is 1.45 bits per heavy atom. The number of hydrogen-bond acceptors (Lipinski definition) is 6. The highest BCUT2D eigenvalue weighted by Crippen LogP contribution is 2.13. The molecule has 0 bridgehead atoms. The number of carbonyl (C=O) groups excluding carboxylic acids is 2. The third-order valence-electron chi connectivity index (χ3n) is 9.84. The van der Waals surface area contributed by atoms with E-state index < -0.39 is 18.1 Å². The minimum atomic E-state index is -0.881. The van der Waals surface area contributed by atoms with Gasteiger partial charge in [0.1, 0.15) is 6.61 Å². The number of aliphatic carboxylic acids is 1. The van der Waals surface area contributed by atoms with Crippen LogP contribution in [0.25, 0.3) is 0 Å². The number of carboxylic acids is 1. The lowest BCUT2D eigenvalue weighted by atomic mass is 10.1. The fourth-order valence-corrected chi connectivity index (χ4v) is 6.27. The van der Waals surface area contributed by atoms with Crippen LogP contribution in [0.5, 0.6) is 0 Å². The maximum atomic E-state index is 12.7. The summed E-state index contributed by atoms with van der Waals surface area (Å²) in [6.07, 6.45) is 50.9. The predicted octanol–water partition coefficient (Wildman–Crippen LogP) is 12.7. The molecule has 0 heterocycles. The molecule has 0 spiro atoms. The first-order valence-corrected chi connectivity index (χ1v) is 23.0. The van der Waals surface area contributed by atoms with Gasteiger partial charge >= 0.3 is 17.9 Å². The van der Waals surface area contributed by atoms with Crippen molar-refractivity contribution >= 4 is 17.9 Å². The van der Waals surface area contributed by atoms with E-state index in [1.165, 1.54) is 44.9 Å². The van der Waals surface area contributed by atoms with Crippen molar-refractivity contribution in [1.29, 1.82) is 0 Å². The Balaban J connectivity index is 4.27. The number of rotatable bonds is 40. The summed E-state index contributed by atoms with van der Waals surface area (Å²) >= 11 is 0. The number of unbranched alkanes of at least 4 members (excludes halogenated alkanes) is 14. The van der Waals surface area contributed by atoms with Crippen molar-refractivity contribution < 1.29 is 38.2 Å². The van der Waals surface area contributed by atoms with Crippen LogP contribution in [0.3, 0.4) is 0 Å². The number of carboxylic acid groups (broad SMARTS) is 1. The summed E-state index contributed by atoms with van der Waals surface area (Å²) < 4.78 is 17.3. The molecule has 0 rings (SSSR count). The average Bonchev–Trinajstić information content (AvgIpc) is 3.18. The van der Waals surface area contributed by atoms with Gasteiger partial charge in [-0.2, -0.15) is 0 Å². The molecule has 0 aromatic rings. The van der Waals surface area contributed by atoms with Gasteiger partial charge < -0.3 is 23.8 Å². The molecule has 58 heavy (non-hydrogen) atoms. The standard InChI is InChI=1S/C50H85NO7/c1-6-8-10-12-14-16-18-19-20-21-22-23-24-25-26-27-28-29-31-32-34-36-38-40-48(52)57-45-46(44-56-43-42-47(50(54)55)51(3,4)5)58-49(53)41-39-37-35-33-30-17-15-13-11-9-7-2/h8,10,13-16,19-20,22-23,25-26,46-47H,6-7,9,11-12,17-18,21,24,27-45H2,1-5H3/p+1/b10-8+,15-13+,16-14+,20-19+,23-22+,26-25+. The zero-order valence-electron chi connectivity index (χ0n) is 37.7. The molecule has 0 radical (unpaired) electrons. The summed E-state index contributed by atoms with van der Waals surface area (Å²) in [5, 5.41) is 9.62. The van der Waals surface area contributed by atoms with Crippen molar-refractivity contribution in [1.82, 2.24) is 0 Å². The Labute approximate surface area is 355 Å². The molecule has 1 N–H and O–H groups in total. The van der Waals surface area contributed by atoms with Gasteiger partial charge in [0, 0.05) is 19.3 Å². The first-order valence-electron chi connectivity index (χ1n) is 23.0. The van der Waals surface area contributed by atoms with Gasteiger partial charge in [-0.3, -0.25) is 9.59 Å². The smallest absolute Gasteiger partial charge is 0.362 e. The largest absolute Gasteiger partial charge is 0.477 e. The van der Waals surface area contributed by atoms with E-state index in [0.29, 0.717) is 19.3 Å². The van der Waals surface area contributed by atoms with Crippen molar-refractivity contribution in [3.63, 3.8) is 0 Å². The topological polar surface area (TPSA) is 99.1 Å². The molecule has 0 aliphatic heterocycles. The zero-order chi connectivity index (χ0) is 42.8. The molecule has 2 atom stereocenters. The van der Waals surface area contributed by atoms with E-state index in [1.807, 2.05) is 21.1 Å². The fourth-order valence-electron chi connectivity index (χ4n) is 6.27. The molecule has 0 aromatic heterocycles. The summed E-state index contributed by atoms with van der Waals surface area (Å²) in [4.78, 5) is 37.0. The Morgan fingerprint density at radius 1 is 0.534 bits per heavy atom. The quantitative estimate of drug-likeness (QED) is 0.0285. The van der Waals surface area contributed by atoms with Crippen molar-refractivity contribution in [3.8, 4) is 0 Å². The number of carbonyl (C=O) groups is 3. The lowest BCUT2D eigenvalue weighted by Gasteiger charge is -2.31. The SMILES string of the molecule is CC/C=C/C/C=C/C/C=C/C/C=C/C/C=C/CCCCCCCCCC(=O)OCC(COCCC(C(=O)O)[N+](C)(C)C)OC(=O)CCCCCCC/C=C/CCCC. The summed E-state index contributed by atoms with van der Waals surface area (Å²) in [7, 11) is 5.51. The second-order valence-electron chi connectivity index (χ2n) is 16.3. The maximum absolute atomic E-state index is 12.7. The molecule has 0 aromatic carbocycles. The third kappa shape index (κ3) is 38.3. The zero-order valence-corrected chi connectivity index (χ0v) is 37.7. The maximum Gasteiger partial charge on any atom is 0.362 e. The van der Waals surface area contributed by atoms with Gasteiger partial charge in [0.05, 0.1) is 34.4 Å². The first-order chi connectivity index (χ1) is 28.1. The van der Waals surface area contributed by atoms with Crippen molar-refractivity contribution in [2.75, 3.05) is 41.0 Å². The second-order valence-corrected chi connectivity index (χ2v) is 16.3. The summed E-state index contributed by atoms with van der Waals surface area (Å²) in [6, 6.07) is -0.620. The van der Waals surface area contributed by atoms with E-state index in [-0.39, 0.29) is 36.2 Å². The van der Waals surface area contributed by atoms with Crippen LogP contribution in [0.15, 0.2) is 72.9 Å². The van der Waals surface area contributed by atoms with Crippen LogP contribution < -0.4 is 0 Å². The van der Waals surface area contributed by atoms with Crippen LogP contribution in [-0.2, 0) is 28.6 Å². The van der Waals surface area contributed by atoms with Crippen LogP contribution in [0, 0.1) is 0 Å². The van der Waals surface area contributed by atoms with Crippen LogP contribution in [0.1, 0.15) is 174 Å². The highest BCUT2D eigenvalue weighted by Gasteiger charge is 2.31. The van der Waals surface area contributed by atoms with Crippen molar-refractivity contribution in [2.24, 2.45) is 0 Å². The predicted molar refractivity (Wildman–Crippen MR) is 243 cm³/mol. The summed E-state index contributed by atoms with van der Waals surface area (Å²) in [5.41, 5.74) is 0. The molecule has 0 amide bonds. The molecule has 0 saturated carbocycles. The second kappa shape index (κ2) is 40.5. The number of hydrogen-bond donors (Lipinski definition) is 1. The summed E-state index contributed by atoms with van der Waals surface area (Å²) in [5.74, 6) is -1.50. The molecule has 0 fully saturated rings. The van der Waals surface area contributed by atoms with Gasteiger partial charge in [-0.25, -0.2) is 4.79 Å². The molecule has 0 saturated heterocycles. The monoisotopic (exact) mass is 813 g/mol. The highest BCUT2D eigenvalue weighted by molar-refractivity contribution is 5.72. The number of ether oxygens (including phenoxy) is 3. The van der Waals surface area contributed by atoms with Crippen LogP contribution >= 0.6 is 0 Å². The minimum Gasteiger partial charge on any atom is -0.477 e. The lowest BCUT2D eigenvalue weighted by molar-refractivity contribution is -0.887. The Bertz CT molecular complexity index is 1180. The third-order valence-corrected chi connectivity index (χ3v) is 9.84. The van der Waals surface area contributed by atoms with E-state index in [0.717, 1.165) is 96.3 Å². The molecular weight excluding hydrogens is 727 g/mol. The molecule has 0 aliphatic carbocycles. The number of likely N-dealkylation sites (N-methyl/N-ethyl adjacent to an activating group) is 1. The van der Waals surface area contributed by atoms with Crippen molar-refractivity contribution in [2.45, 2.75) is 187 Å². The van der Waals surface area contributed by atoms with E-state index >= 15 is 0 Å². The van der Waals surface area contributed by atoms with Gasteiger partial charge in [-0.05, 0) is 77.0 Å². The van der Waals surface area contributed by atoms with E-state index in [4.69, 9.17) is 14.2 Å². The van der Waals surface area contributed by atoms with Gasteiger partial charge in [0.15, 0.2) is 12.1 Å². The molecule has 2 unspecified atom stereocenters. The fraction of sp³-hybridized carbons (Fsp3) is 0.700. The Morgan fingerprint density at radius 2 is 0.966 bits per heavy atom. The molecular formula is C50H86NO7+. The first kappa shape index (κ1) is 54.8. The van der Waals surface area contributed by atoms with Gasteiger partial charge in [0.2, 0.25) is 0 Å². The number of esters is 2. The summed E-state index contributed by atoms with van der Waals surface area (Å²) in [6.45, 7) is 4.55. The Kier molecular flexibility index (Phi) is 38.3. The van der Waals surface area contributed by atoms with Crippen molar-refractivity contribution in [3.05, 3.63) is 72.9 Å².